The molecule has 3 rings (SSSR count). The number of rotatable bonds is 5. The standard InChI is InChI=1S/C20H22N2O2S2/c1-12-10-16(13(2)26-12)17(23)11-25-19-22-21-18(24-19)14-6-8-15(9-7-14)20(3,4)5/h6-10H,11H2,1-5H3. The largest absolute Gasteiger partial charge is 0.411 e. The van der Waals surface area contributed by atoms with Crippen molar-refractivity contribution in [1.29, 1.82) is 0 Å². The summed E-state index contributed by atoms with van der Waals surface area (Å²) in [5.41, 5.74) is 3.03. The Morgan fingerprint density at radius 2 is 1.85 bits per heavy atom. The molecule has 0 bridgehead atoms. The van der Waals surface area contributed by atoms with Gasteiger partial charge in [-0.3, -0.25) is 4.79 Å². The van der Waals surface area contributed by atoms with Crippen molar-refractivity contribution in [2.24, 2.45) is 0 Å². The van der Waals surface area contributed by atoms with Crippen LogP contribution in [-0.4, -0.2) is 21.7 Å². The zero-order valence-electron chi connectivity index (χ0n) is 15.6. The number of nitrogens with zero attached hydrogens (tertiary/aromatic N) is 2. The summed E-state index contributed by atoms with van der Waals surface area (Å²) in [6.07, 6.45) is 0. The molecule has 0 atom stereocenters. The molecule has 0 aliphatic carbocycles. The van der Waals surface area contributed by atoms with Gasteiger partial charge in [0.15, 0.2) is 5.78 Å². The van der Waals surface area contributed by atoms with Gasteiger partial charge in [-0.25, -0.2) is 0 Å². The fourth-order valence-corrected chi connectivity index (χ4v) is 4.20. The van der Waals surface area contributed by atoms with Gasteiger partial charge in [0.25, 0.3) is 5.22 Å². The van der Waals surface area contributed by atoms with Gasteiger partial charge < -0.3 is 4.42 Å². The number of Topliss-reactive ketones (excluding diaryl/α,β-unsaturated/α-hetero) is 1. The molecule has 3 aromatic rings. The molecule has 0 amide bonds. The van der Waals surface area contributed by atoms with Crippen LogP contribution in [0.3, 0.4) is 0 Å². The average molecular weight is 387 g/mol. The molecule has 136 valence electrons. The van der Waals surface area contributed by atoms with Gasteiger partial charge in [-0.15, -0.1) is 21.5 Å². The van der Waals surface area contributed by atoms with E-state index in [1.54, 1.807) is 11.3 Å². The van der Waals surface area contributed by atoms with Crippen LogP contribution in [0.25, 0.3) is 11.5 Å². The number of hydrogen-bond acceptors (Lipinski definition) is 6. The maximum Gasteiger partial charge on any atom is 0.277 e. The predicted octanol–water partition coefficient (Wildman–Crippen LogP) is 5.69. The van der Waals surface area contributed by atoms with Gasteiger partial charge in [0.05, 0.1) is 5.75 Å². The van der Waals surface area contributed by atoms with Crippen molar-refractivity contribution in [3.63, 3.8) is 0 Å². The van der Waals surface area contributed by atoms with E-state index in [9.17, 15) is 4.79 Å². The predicted molar refractivity (Wildman–Crippen MR) is 107 cm³/mol. The van der Waals surface area contributed by atoms with Crippen molar-refractivity contribution in [1.82, 2.24) is 10.2 Å². The summed E-state index contributed by atoms with van der Waals surface area (Å²) in [5, 5.41) is 8.57. The SMILES string of the molecule is Cc1cc(C(=O)CSc2nnc(-c3ccc(C(C)(C)C)cc3)o2)c(C)s1. The fourth-order valence-electron chi connectivity index (χ4n) is 2.61. The maximum atomic E-state index is 12.4. The smallest absolute Gasteiger partial charge is 0.277 e. The van der Waals surface area contributed by atoms with E-state index in [1.165, 1.54) is 17.3 Å². The molecular formula is C20H22N2O2S2. The number of aromatic nitrogens is 2. The van der Waals surface area contributed by atoms with Gasteiger partial charge in [0.1, 0.15) is 0 Å². The molecule has 0 N–H and O–H groups in total. The minimum absolute atomic E-state index is 0.0890. The first-order chi connectivity index (χ1) is 12.2. The Labute approximate surface area is 162 Å². The van der Waals surface area contributed by atoms with Gasteiger partial charge in [-0.2, -0.15) is 0 Å². The van der Waals surface area contributed by atoms with Crippen LogP contribution in [0.5, 0.6) is 0 Å². The van der Waals surface area contributed by atoms with Gasteiger partial charge in [0.2, 0.25) is 5.89 Å². The van der Waals surface area contributed by atoms with Crippen molar-refractivity contribution < 1.29 is 9.21 Å². The van der Waals surface area contributed by atoms with E-state index in [2.05, 4.69) is 43.1 Å². The van der Waals surface area contributed by atoms with E-state index in [-0.39, 0.29) is 11.2 Å². The third-order valence-corrected chi connectivity index (χ3v) is 5.86. The highest BCUT2D eigenvalue weighted by molar-refractivity contribution is 7.99. The number of hydrogen-bond donors (Lipinski definition) is 0. The number of carbonyl (C=O) groups excluding carboxylic acids is 1. The maximum absolute atomic E-state index is 12.4. The molecule has 0 fully saturated rings. The van der Waals surface area contributed by atoms with E-state index in [1.807, 2.05) is 32.0 Å². The Hall–Kier alpha value is -1.92. The molecule has 0 radical (unpaired) electrons. The quantitative estimate of drug-likeness (QED) is 0.416. The molecular weight excluding hydrogens is 364 g/mol. The molecule has 0 unspecified atom stereocenters. The lowest BCUT2D eigenvalue weighted by molar-refractivity contribution is 0.102. The summed E-state index contributed by atoms with van der Waals surface area (Å²) >= 11 is 2.92. The average Bonchev–Trinajstić information content (AvgIpc) is 3.18. The highest BCUT2D eigenvalue weighted by Crippen LogP contribution is 2.28. The molecule has 0 saturated heterocycles. The number of ketones is 1. The Morgan fingerprint density at radius 3 is 2.42 bits per heavy atom. The molecule has 0 spiro atoms. The first-order valence-corrected chi connectivity index (χ1v) is 10.2. The number of thioether (sulfide) groups is 1. The Bertz CT molecular complexity index is 918. The highest BCUT2D eigenvalue weighted by Gasteiger charge is 2.17. The van der Waals surface area contributed by atoms with Crippen LogP contribution in [0.2, 0.25) is 0 Å². The third-order valence-electron chi connectivity index (χ3n) is 4.07. The van der Waals surface area contributed by atoms with E-state index >= 15 is 0 Å². The number of aryl methyl sites for hydroxylation is 2. The van der Waals surface area contributed by atoms with E-state index in [0.29, 0.717) is 16.9 Å². The molecule has 0 saturated carbocycles. The van der Waals surface area contributed by atoms with Crippen molar-refractivity contribution >= 4 is 28.9 Å². The van der Waals surface area contributed by atoms with E-state index < -0.39 is 0 Å². The molecule has 6 heteroatoms. The topological polar surface area (TPSA) is 56.0 Å². The molecule has 2 aromatic heterocycles. The van der Waals surface area contributed by atoms with Crippen molar-refractivity contribution in [3.05, 3.63) is 51.2 Å². The summed E-state index contributed by atoms with van der Waals surface area (Å²) in [7, 11) is 0. The summed E-state index contributed by atoms with van der Waals surface area (Å²) in [6, 6.07) is 10.1. The lowest BCUT2D eigenvalue weighted by atomic mass is 9.87. The minimum Gasteiger partial charge on any atom is -0.411 e. The Balaban J connectivity index is 1.66. The minimum atomic E-state index is 0.0890. The first kappa shape index (κ1) is 18.9. The second-order valence-corrected chi connectivity index (χ2v) is 9.63. The summed E-state index contributed by atoms with van der Waals surface area (Å²) < 4.78 is 5.71. The van der Waals surface area contributed by atoms with Gasteiger partial charge in [-0.1, -0.05) is 44.7 Å². The first-order valence-electron chi connectivity index (χ1n) is 8.41. The van der Waals surface area contributed by atoms with Crippen molar-refractivity contribution in [2.75, 3.05) is 5.75 Å². The van der Waals surface area contributed by atoms with Gasteiger partial charge >= 0.3 is 0 Å². The van der Waals surface area contributed by atoms with Crippen molar-refractivity contribution in [2.45, 2.75) is 45.3 Å². The summed E-state index contributed by atoms with van der Waals surface area (Å²) in [6.45, 7) is 10.5. The monoisotopic (exact) mass is 386 g/mol. The molecule has 26 heavy (non-hydrogen) atoms. The van der Waals surface area contributed by atoms with E-state index in [4.69, 9.17) is 4.42 Å². The van der Waals surface area contributed by atoms with E-state index in [0.717, 1.165) is 20.9 Å². The molecule has 0 aliphatic heterocycles. The lowest BCUT2D eigenvalue weighted by Gasteiger charge is -2.18. The Kier molecular flexibility index (Phi) is 5.34. The van der Waals surface area contributed by atoms with Crippen molar-refractivity contribution in [3.8, 4) is 11.5 Å². The van der Waals surface area contributed by atoms with Crippen LogP contribution < -0.4 is 0 Å². The zero-order valence-corrected chi connectivity index (χ0v) is 17.3. The number of carbonyl (C=O) groups is 1. The van der Waals surface area contributed by atoms with Crippen LogP contribution in [0.15, 0.2) is 40.0 Å². The fraction of sp³-hybridized carbons (Fsp3) is 0.350. The lowest BCUT2D eigenvalue weighted by Crippen LogP contribution is -2.10. The second kappa shape index (κ2) is 7.37. The van der Waals surface area contributed by atoms with Crippen LogP contribution in [0, 0.1) is 13.8 Å². The van der Waals surface area contributed by atoms with Crippen LogP contribution in [-0.2, 0) is 5.41 Å². The van der Waals surface area contributed by atoms with Gasteiger partial charge in [0, 0.05) is 20.9 Å². The molecule has 4 nitrogen and oxygen atoms in total. The highest BCUT2D eigenvalue weighted by atomic mass is 32.2. The Morgan fingerprint density at radius 1 is 1.15 bits per heavy atom. The second-order valence-electron chi connectivity index (χ2n) is 7.24. The van der Waals surface area contributed by atoms with Gasteiger partial charge in [-0.05, 0) is 43.0 Å². The van der Waals surface area contributed by atoms with Crippen LogP contribution in [0.1, 0.15) is 46.4 Å². The normalized spacial score (nSPS) is 11.7. The zero-order chi connectivity index (χ0) is 18.9. The summed E-state index contributed by atoms with van der Waals surface area (Å²) in [5.74, 6) is 0.857. The number of benzene rings is 1. The molecule has 0 aliphatic rings. The third kappa shape index (κ3) is 4.24. The molecule has 2 heterocycles. The summed E-state index contributed by atoms with van der Waals surface area (Å²) in [4.78, 5) is 14.6. The number of thiophene rings is 1. The van der Waals surface area contributed by atoms with Crippen LogP contribution in [0.4, 0.5) is 0 Å². The molecule has 1 aromatic carbocycles. The van der Waals surface area contributed by atoms with Crippen LogP contribution >= 0.6 is 23.1 Å².